The van der Waals surface area contributed by atoms with Crippen LogP contribution in [0.5, 0.6) is 0 Å². The van der Waals surface area contributed by atoms with Gasteiger partial charge in [-0.2, -0.15) is 0 Å². The Labute approximate surface area is 92.0 Å². The van der Waals surface area contributed by atoms with E-state index < -0.39 is 0 Å². The molecular weight excluding hydrogens is 192 g/mol. The van der Waals surface area contributed by atoms with Crippen molar-refractivity contribution in [1.29, 1.82) is 0 Å². The third kappa shape index (κ3) is 6.33. The molecule has 5 nitrogen and oxygen atoms in total. The Bertz CT molecular complexity index is 188. The van der Waals surface area contributed by atoms with Crippen molar-refractivity contribution in [2.24, 2.45) is 5.11 Å². The van der Waals surface area contributed by atoms with Crippen molar-refractivity contribution in [2.45, 2.75) is 32.7 Å². The lowest BCUT2D eigenvalue weighted by molar-refractivity contribution is 0.118. The van der Waals surface area contributed by atoms with E-state index >= 15 is 0 Å². The van der Waals surface area contributed by atoms with Crippen molar-refractivity contribution < 1.29 is 4.74 Å². The summed E-state index contributed by atoms with van der Waals surface area (Å²) in [6, 6.07) is 0.564. The number of azide groups is 1. The molecule has 0 aromatic heterocycles. The molecule has 0 heterocycles. The van der Waals surface area contributed by atoms with Gasteiger partial charge in [0.2, 0.25) is 0 Å². The predicted molar refractivity (Wildman–Crippen MR) is 61.8 cm³/mol. The SMILES string of the molecule is CCC(CC)N(CCN=[N+]=[N-])CCOC. The minimum atomic E-state index is 0.538. The molecule has 0 aromatic rings. The summed E-state index contributed by atoms with van der Waals surface area (Å²) in [5.41, 5.74) is 8.22. The highest BCUT2D eigenvalue weighted by Crippen LogP contribution is 2.07. The summed E-state index contributed by atoms with van der Waals surface area (Å²) < 4.78 is 5.07. The number of nitrogens with zero attached hydrogens (tertiary/aromatic N) is 4. The Morgan fingerprint density at radius 1 is 1.33 bits per heavy atom. The van der Waals surface area contributed by atoms with Gasteiger partial charge in [0.1, 0.15) is 0 Å². The Kier molecular flexibility index (Phi) is 9.27. The first-order chi connectivity index (χ1) is 7.29. The van der Waals surface area contributed by atoms with E-state index in [0.29, 0.717) is 12.6 Å². The van der Waals surface area contributed by atoms with E-state index in [1.807, 2.05) is 0 Å². The number of rotatable bonds is 9. The van der Waals surface area contributed by atoms with Crippen molar-refractivity contribution in [3.05, 3.63) is 10.4 Å². The van der Waals surface area contributed by atoms with Crippen LogP contribution in [0.3, 0.4) is 0 Å². The Balaban J connectivity index is 4.07. The second kappa shape index (κ2) is 9.77. The quantitative estimate of drug-likeness (QED) is 0.336. The zero-order chi connectivity index (χ0) is 11.5. The fourth-order valence-electron chi connectivity index (χ4n) is 1.71. The van der Waals surface area contributed by atoms with E-state index in [1.165, 1.54) is 0 Å². The van der Waals surface area contributed by atoms with E-state index in [1.54, 1.807) is 7.11 Å². The summed E-state index contributed by atoms with van der Waals surface area (Å²) >= 11 is 0. The van der Waals surface area contributed by atoms with E-state index in [-0.39, 0.29) is 0 Å². The first-order valence-corrected chi connectivity index (χ1v) is 5.53. The van der Waals surface area contributed by atoms with Gasteiger partial charge >= 0.3 is 0 Å². The molecule has 0 spiro atoms. The van der Waals surface area contributed by atoms with Crippen molar-refractivity contribution in [3.8, 4) is 0 Å². The molecule has 0 atom stereocenters. The van der Waals surface area contributed by atoms with Crippen molar-refractivity contribution in [1.82, 2.24) is 4.90 Å². The lowest BCUT2D eigenvalue weighted by Crippen LogP contribution is -2.38. The van der Waals surface area contributed by atoms with Crippen LogP contribution in [0, 0.1) is 0 Å². The Morgan fingerprint density at radius 2 is 2.00 bits per heavy atom. The van der Waals surface area contributed by atoms with Crippen LogP contribution in [0.2, 0.25) is 0 Å². The summed E-state index contributed by atoms with van der Waals surface area (Å²) in [4.78, 5) is 5.10. The fraction of sp³-hybridized carbons (Fsp3) is 1.00. The summed E-state index contributed by atoms with van der Waals surface area (Å²) in [5.74, 6) is 0. The van der Waals surface area contributed by atoms with Gasteiger partial charge in [0, 0.05) is 37.7 Å². The lowest BCUT2D eigenvalue weighted by Gasteiger charge is -2.29. The highest BCUT2D eigenvalue weighted by Gasteiger charge is 2.13. The maximum absolute atomic E-state index is 8.22. The maximum Gasteiger partial charge on any atom is 0.0589 e. The fourth-order valence-corrected chi connectivity index (χ4v) is 1.71. The molecule has 0 amide bonds. The number of ether oxygens (including phenoxy) is 1. The van der Waals surface area contributed by atoms with Crippen LogP contribution < -0.4 is 0 Å². The predicted octanol–water partition coefficient (Wildman–Crippen LogP) is 2.43. The molecule has 15 heavy (non-hydrogen) atoms. The lowest BCUT2D eigenvalue weighted by atomic mass is 10.1. The molecule has 88 valence electrons. The summed E-state index contributed by atoms with van der Waals surface area (Å²) in [6.45, 7) is 7.36. The minimum absolute atomic E-state index is 0.538. The number of methoxy groups -OCH3 is 1. The van der Waals surface area contributed by atoms with Gasteiger partial charge in [-0.25, -0.2) is 0 Å². The molecular formula is C10H22N4O. The van der Waals surface area contributed by atoms with Gasteiger partial charge < -0.3 is 4.74 Å². The van der Waals surface area contributed by atoms with Crippen LogP contribution in [0.25, 0.3) is 10.4 Å². The molecule has 0 unspecified atom stereocenters. The highest BCUT2D eigenvalue weighted by molar-refractivity contribution is 4.70. The van der Waals surface area contributed by atoms with Crippen LogP contribution in [0.4, 0.5) is 0 Å². The van der Waals surface area contributed by atoms with Crippen LogP contribution in [-0.2, 0) is 4.74 Å². The second-order valence-corrected chi connectivity index (χ2v) is 3.45. The topological polar surface area (TPSA) is 61.2 Å². The Hall–Kier alpha value is -0.770. The van der Waals surface area contributed by atoms with E-state index in [4.69, 9.17) is 10.3 Å². The van der Waals surface area contributed by atoms with Crippen LogP contribution >= 0.6 is 0 Å². The first kappa shape index (κ1) is 14.2. The molecule has 0 aliphatic carbocycles. The molecule has 0 radical (unpaired) electrons. The van der Waals surface area contributed by atoms with E-state index in [9.17, 15) is 0 Å². The van der Waals surface area contributed by atoms with Crippen LogP contribution in [0.1, 0.15) is 26.7 Å². The van der Waals surface area contributed by atoms with E-state index in [0.717, 1.165) is 32.5 Å². The summed E-state index contributed by atoms with van der Waals surface area (Å²) in [6.07, 6.45) is 2.24. The summed E-state index contributed by atoms with van der Waals surface area (Å²) in [7, 11) is 1.71. The average Bonchev–Trinajstić information content (AvgIpc) is 2.26. The van der Waals surface area contributed by atoms with Crippen LogP contribution in [-0.4, -0.2) is 44.3 Å². The van der Waals surface area contributed by atoms with Gasteiger partial charge in [-0.05, 0) is 18.4 Å². The third-order valence-electron chi connectivity index (χ3n) is 2.59. The molecule has 0 aliphatic heterocycles. The normalized spacial score (nSPS) is 10.7. The van der Waals surface area contributed by atoms with Gasteiger partial charge in [-0.15, -0.1) is 0 Å². The van der Waals surface area contributed by atoms with E-state index in [2.05, 4.69) is 28.8 Å². The smallest absolute Gasteiger partial charge is 0.0589 e. The molecule has 0 saturated carbocycles. The monoisotopic (exact) mass is 214 g/mol. The van der Waals surface area contributed by atoms with Crippen molar-refractivity contribution in [3.63, 3.8) is 0 Å². The second-order valence-electron chi connectivity index (χ2n) is 3.45. The standard InChI is InChI=1S/C10H22N4O/c1-4-10(5-2)14(8-9-15-3)7-6-12-13-11/h10H,4-9H2,1-3H3. The van der Waals surface area contributed by atoms with Crippen molar-refractivity contribution in [2.75, 3.05) is 33.4 Å². The molecule has 0 bridgehead atoms. The summed E-state index contributed by atoms with van der Waals surface area (Å²) in [5, 5.41) is 3.57. The molecule has 0 aliphatic rings. The van der Waals surface area contributed by atoms with Crippen molar-refractivity contribution >= 4 is 0 Å². The largest absolute Gasteiger partial charge is 0.383 e. The molecule has 0 N–H and O–H groups in total. The Morgan fingerprint density at radius 3 is 2.47 bits per heavy atom. The molecule has 0 saturated heterocycles. The highest BCUT2D eigenvalue weighted by atomic mass is 16.5. The first-order valence-electron chi connectivity index (χ1n) is 5.53. The zero-order valence-electron chi connectivity index (χ0n) is 10.0. The van der Waals surface area contributed by atoms with Gasteiger partial charge in [0.25, 0.3) is 0 Å². The zero-order valence-corrected chi connectivity index (χ0v) is 10.0. The van der Waals surface area contributed by atoms with Gasteiger partial charge in [0.15, 0.2) is 0 Å². The van der Waals surface area contributed by atoms with Gasteiger partial charge in [-0.3, -0.25) is 4.90 Å². The van der Waals surface area contributed by atoms with Gasteiger partial charge in [0.05, 0.1) is 6.61 Å². The molecule has 0 rings (SSSR count). The number of hydrogen-bond donors (Lipinski definition) is 0. The molecule has 5 heteroatoms. The maximum atomic E-state index is 8.22. The third-order valence-corrected chi connectivity index (χ3v) is 2.59. The minimum Gasteiger partial charge on any atom is -0.383 e. The molecule has 0 fully saturated rings. The van der Waals surface area contributed by atoms with Crippen LogP contribution in [0.15, 0.2) is 5.11 Å². The van der Waals surface area contributed by atoms with Gasteiger partial charge in [-0.1, -0.05) is 19.0 Å². The molecule has 0 aromatic carbocycles. The number of hydrogen-bond acceptors (Lipinski definition) is 3. The average molecular weight is 214 g/mol.